The zero-order chi connectivity index (χ0) is 16.7. The Morgan fingerprint density at radius 2 is 2.14 bits per heavy atom. The molecule has 1 aliphatic carbocycles. The van der Waals surface area contributed by atoms with E-state index in [0.29, 0.717) is 25.3 Å². The predicted molar refractivity (Wildman–Crippen MR) is 77.0 cm³/mol. The molecule has 1 saturated carbocycles. The van der Waals surface area contributed by atoms with E-state index in [1.807, 2.05) is 0 Å². The molecule has 1 fully saturated rings. The molecule has 0 aromatic heterocycles. The summed E-state index contributed by atoms with van der Waals surface area (Å²) in [5.74, 6) is -2.82. The minimum absolute atomic E-state index is 0.439. The molecule has 22 heavy (non-hydrogen) atoms. The Labute approximate surface area is 132 Å². The van der Waals surface area contributed by atoms with E-state index < -0.39 is 48.9 Å². The van der Waals surface area contributed by atoms with Crippen LogP contribution < -0.4 is 4.72 Å². The van der Waals surface area contributed by atoms with Crippen LogP contribution in [0.2, 0.25) is 5.02 Å². The summed E-state index contributed by atoms with van der Waals surface area (Å²) in [6.45, 7) is 1.56. The van der Waals surface area contributed by atoms with Gasteiger partial charge in [-0.1, -0.05) is 11.6 Å². The minimum atomic E-state index is -4.15. The number of nitrogens with one attached hydrogen (secondary N) is 1. The highest BCUT2D eigenvalue weighted by Gasteiger charge is 2.41. The summed E-state index contributed by atoms with van der Waals surface area (Å²) in [6, 6.07) is 1.55. The van der Waals surface area contributed by atoms with E-state index in [-0.39, 0.29) is 0 Å². The quantitative estimate of drug-likeness (QED) is 0.766. The Morgan fingerprint density at radius 1 is 1.50 bits per heavy atom. The molecule has 2 unspecified atom stereocenters. The first kappa shape index (κ1) is 17.1. The third kappa shape index (κ3) is 3.10. The maximum Gasteiger partial charge on any atom is 0.338 e. The molecule has 2 atom stereocenters. The van der Waals surface area contributed by atoms with Gasteiger partial charge in [-0.25, -0.2) is 22.3 Å². The number of aliphatic hydroxyl groups is 1. The predicted octanol–water partition coefficient (Wildman–Crippen LogP) is 1.76. The van der Waals surface area contributed by atoms with Crippen LogP contribution in [0.25, 0.3) is 0 Å². The van der Waals surface area contributed by atoms with Crippen LogP contribution in [0.5, 0.6) is 0 Å². The topological polar surface area (TPSA) is 104 Å². The molecule has 1 aromatic carbocycles. The number of aliphatic hydroxyl groups excluding tert-OH is 1. The van der Waals surface area contributed by atoms with Gasteiger partial charge in [0.2, 0.25) is 10.0 Å². The van der Waals surface area contributed by atoms with E-state index in [2.05, 4.69) is 4.72 Å². The SMILES string of the molecule is CC1(NS(=O)(=O)c2cc(Cl)c(F)c(C(=O)O)c2)CCCC1O. The Kier molecular flexibility index (Phi) is 4.49. The molecule has 0 aliphatic heterocycles. The molecule has 0 spiro atoms. The van der Waals surface area contributed by atoms with Gasteiger partial charge in [0.05, 0.1) is 27.1 Å². The third-order valence-corrected chi connectivity index (χ3v) is 5.69. The summed E-state index contributed by atoms with van der Waals surface area (Å²) < 4.78 is 40.7. The van der Waals surface area contributed by atoms with Crippen LogP contribution in [0.4, 0.5) is 4.39 Å². The van der Waals surface area contributed by atoms with Gasteiger partial charge in [0.15, 0.2) is 5.82 Å². The van der Waals surface area contributed by atoms with Gasteiger partial charge in [0.25, 0.3) is 0 Å². The summed E-state index contributed by atoms with van der Waals surface area (Å²) >= 11 is 5.57. The lowest BCUT2D eigenvalue weighted by Gasteiger charge is -2.29. The maximum absolute atomic E-state index is 13.6. The molecular formula is C13H15ClFNO5S. The van der Waals surface area contributed by atoms with E-state index in [4.69, 9.17) is 16.7 Å². The Balaban J connectivity index is 2.44. The number of carbonyl (C=O) groups is 1. The molecule has 9 heteroatoms. The standard InChI is InChI=1S/C13H15ClFNO5S/c1-13(4-2-3-10(13)17)16-22(20,21)7-5-8(12(18)19)11(15)9(14)6-7/h5-6,10,16-17H,2-4H2,1H3,(H,18,19). The van der Waals surface area contributed by atoms with Gasteiger partial charge in [-0.3, -0.25) is 0 Å². The van der Waals surface area contributed by atoms with E-state index in [9.17, 15) is 22.7 Å². The zero-order valence-electron chi connectivity index (χ0n) is 11.6. The normalized spacial score (nSPS) is 25.4. The van der Waals surface area contributed by atoms with Gasteiger partial charge in [0, 0.05) is 0 Å². The fraction of sp³-hybridized carbons (Fsp3) is 0.462. The molecule has 0 amide bonds. The summed E-state index contributed by atoms with van der Waals surface area (Å²) in [7, 11) is -4.15. The smallest absolute Gasteiger partial charge is 0.338 e. The van der Waals surface area contributed by atoms with Crippen molar-refractivity contribution in [2.75, 3.05) is 0 Å². The Morgan fingerprint density at radius 3 is 2.64 bits per heavy atom. The average molecular weight is 352 g/mol. The monoisotopic (exact) mass is 351 g/mol. The van der Waals surface area contributed by atoms with Crippen LogP contribution in [-0.4, -0.2) is 36.2 Å². The molecule has 122 valence electrons. The molecular weight excluding hydrogens is 337 g/mol. The summed E-state index contributed by atoms with van der Waals surface area (Å²) in [5.41, 5.74) is -1.88. The number of carboxylic acid groups (broad SMARTS) is 1. The highest BCUT2D eigenvalue weighted by molar-refractivity contribution is 7.89. The second kappa shape index (κ2) is 5.77. The largest absolute Gasteiger partial charge is 0.478 e. The number of rotatable bonds is 4. The first-order chi connectivity index (χ1) is 10.1. The van der Waals surface area contributed by atoms with Crippen LogP contribution >= 0.6 is 11.6 Å². The molecule has 0 heterocycles. The first-order valence-corrected chi connectivity index (χ1v) is 8.37. The lowest BCUT2D eigenvalue weighted by Crippen LogP contribution is -2.51. The van der Waals surface area contributed by atoms with E-state index in [0.717, 1.165) is 6.07 Å². The van der Waals surface area contributed by atoms with Gasteiger partial charge in [-0.2, -0.15) is 0 Å². The number of sulfonamides is 1. The second-order valence-electron chi connectivity index (χ2n) is 5.50. The van der Waals surface area contributed by atoms with Crippen molar-refractivity contribution in [2.45, 2.75) is 42.7 Å². The maximum atomic E-state index is 13.6. The lowest BCUT2D eigenvalue weighted by atomic mass is 10.0. The van der Waals surface area contributed by atoms with Gasteiger partial charge < -0.3 is 10.2 Å². The molecule has 1 aliphatic rings. The van der Waals surface area contributed by atoms with Crippen LogP contribution in [0.1, 0.15) is 36.5 Å². The zero-order valence-corrected chi connectivity index (χ0v) is 13.2. The molecule has 3 N–H and O–H groups in total. The molecule has 0 saturated heterocycles. The fourth-order valence-electron chi connectivity index (χ4n) is 2.51. The molecule has 2 rings (SSSR count). The summed E-state index contributed by atoms with van der Waals surface area (Å²) in [6.07, 6.45) is 0.708. The van der Waals surface area contributed by atoms with E-state index in [1.54, 1.807) is 6.92 Å². The van der Waals surface area contributed by atoms with E-state index >= 15 is 0 Å². The Bertz CT molecular complexity index is 723. The van der Waals surface area contributed by atoms with Crippen molar-refractivity contribution in [3.63, 3.8) is 0 Å². The van der Waals surface area contributed by atoms with Crippen molar-refractivity contribution in [2.24, 2.45) is 0 Å². The van der Waals surface area contributed by atoms with Crippen LogP contribution in [0.3, 0.4) is 0 Å². The van der Waals surface area contributed by atoms with Crippen molar-refractivity contribution in [3.8, 4) is 0 Å². The van der Waals surface area contributed by atoms with Crippen molar-refractivity contribution in [1.82, 2.24) is 4.72 Å². The molecule has 6 nitrogen and oxygen atoms in total. The third-order valence-electron chi connectivity index (χ3n) is 3.82. The van der Waals surface area contributed by atoms with Crippen molar-refractivity contribution >= 4 is 27.6 Å². The van der Waals surface area contributed by atoms with Crippen molar-refractivity contribution in [3.05, 3.63) is 28.5 Å². The lowest BCUT2D eigenvalue weighted by molar-refractivity contribution is 0.0691. The van der Waals surface area contributed by atoms with Crippen LogP contribution in [0.15, 0.2) is 17.0 Å². The highest BCUT2D eigenvalue weighted by Crippen LogP contribution is 2.32. The fourth-order valence-corrected chi connectivity index (χ4v) is 4.31. The van der Waals surface area contributed by atoms with Gasteiger partial charge in [0.1, 0.15) is 0 Å². The van der Waals surface area contributed by atoms with E-state index in [1.165, 1.54) is 0 Å². The number of aromatic carboxylic acids is 1. The van der Waals surface area contributed by atoms with Gasteiger partial charge in [-0.05, 0) is 38.3 Å². The number of hydrogen-bond acceptors (Lipinski definition) is 4. The second-order valence-corrected chi connectivity index (χ2v) is 7.59. The van der Waals surface area contributed by atoms with Crippen molar-refractivity contribution in [1.29, 1.82) is 0 Å². The van der Waals surface area contributed by atoms with Crippen LogP contribution in [0, 0.1) is 5.82 Å². The van der Waals surface area contributed by atoms with Crippen molar-refractivity contribution < 1.29 is 27.8 Å². The Hall–Kier alpha value is -1.22. The first-order valence-electron chi connectivity index (χ1n) is 6.51. The number of halogens is 2. The average Bonchev–Trinajstić information content (AvgIpc) is 2.71. The van der Waals surface area contributed by atoms with Crippen LogP contribution in [-0.2, 0) is 10.0 Å². The van der Waals surface area contributed by atoms with Gasteiger partial charge >= 0.3 is 5.97 Å². The number of benzene rings is 1. The summed E-state index contributed by atoms with van der Waals surface area (Å²) in [5, 5.41) is 18.2. The number of carboxylic acids is 1. The molecule has 0 bridgehead atoms. The highest BCUT2D eigenvalue weighted by atomic mass is 35.5. The summed E-state index contributed by atoms with van der Waals surface area (Å²) in [4.78, 5) is 10.5. The number of hydrogen-bond donors (Lipinski definition) is 3. The minimum Gasteiger partial charge on any atom is -0.478 e. The molecule has 0 radical (unpaired) electrons. The van der Waals surface area contributed by atoms with Gasteiger partial charge in [-0.15, -0.1) is 0 Å². The molecule has 1 aromatic rings.